The van der Waals surface area contributed by atoms with Crippen molar-refractivity contribution in [3.63, 3.8) is 0 Å². The maximum Gasteiger partial charge on any atom is 0.387 e. The molecule has 8 heteroatoms. The van der Waals surface area contributed by atoms with Crippen molar-refractivity contribution in [2.45, 2.75) is 13.0 Å². The molecule has 0 aliphatic carbocycles. The maximum absolute atomic E-state index is 12.3. The van der Waals surface area contributed by atoms with E-state index >= 15 is 0 Å². The van der Waals surface area contributed by atoms with E-state index in [2.05, 4.69) is 10.1 Å². The Bertz CT molecular complexity index is 522. The van der Waals surface area contributed by atoms with Gasteiger partial charge in [0.2, 0.25) is 5.91 Å². The number of carbonyl (C=O) groups excluding carboxylic acids is 2. The van der Waals surface area contributed by atoms with Gasteiger partial charge in [-0.2, -0.15) is 8.78 Å². The number of hydrogen-bond acceptors (Lipinski definition) is 4. The Morgan fingerprint density at radius 1 is 1.37 bits per heavy atom. The number of urea groups is 1. The smallest absolute Gasteiger partial charge is 0.387 e. The van der Waals surface area contributed by atoms with Gasteiger partial charge in [-0.1, -0.05) is 0 Å². The first-order valence-electron chi connectivity index (χ1n) is 5.43. The van der Waals surface area contributed by atoms with Crippen LogP contribution in [-0.2, 0) is 4.79 Å². The number of nitrogen functional groups attached to an aromatic ring is 1. The Morgan fingerprint density at radius 2 is 2.11 bits per heavy atom. The zero-order valence-electron chi connectivity index (χ0n) is 9.73. The molecule has 1 aromatic carbocycles. The van der Waals surface area contributed by atoms with Crippen LogP contribution in [0.15, 0.2) is 18.2 Å². The number of rotatable bonds is 3. The van der Waals surface area contributed by atoms with Gasteiger partial charge in [0.15, 0.2) is 0 Å². The maximum atomic E-state index is 12.3. The molecule has 3 amide bonds. The number of hydrogen-bond donors (Lipinski definition) is 2. The van der Waals surface area contributed by atoms with Gasteiger partial charge in [-0.25, -0.2) is 4.79 Å². The summed E-state index contributed by atoms with van der Waals surface area (Å²) in [5.41, 5.74) is 5.96. The summed E-state index contributed by atoms with van der Waals surface area (Å²) in [6, 6.07) is 3.28. The van der Waals surface area contributed by atoms with Crippen LogP contribution >= 0.6 is 0 Å². The largest absolute Gasteiger partial charge is 0.433 e. The third-order valence-corrected chi connectivity index (χ3v) is 2.54. The molecule has 19 heavy (non-hydrogen) atoms. The first-order valence-corrected chi connectivity index (χ1v) is 5.43. The SMILES string of the molecule is Nc1ccc(OC(F)F)c(N2CCC(=O)NC2=O)c1. The molecular weight excluding hydrogens is 260 g/mol. The van der Waals surface area contributed by atoms with Gasteiger partial charge in [-0.15, -0.1) is 0 Å². The minimum absolute atomic E-state index is 0.0771. The highest BCUT2D eigenvalue weighted by atomic mass is 19.3. The van der Waals surface area contributed by atoms with E-state index in [0.717, 1.165) is 4.90 Å². The molecule has 1 fully saturated rings. The number of ether oxygens (including phenoxy) is 1. The molecule has 0 atom stereocenters. The molecular formula is C11H11F2N3O3. The van der Waals surface area contributed by atoms with Crippen molar-refractivity contribution >= 4 is 23.3 Å². The number of nitrogens with two attached hydrogens (primary N) is 1. The summed E-state index contributed by atoms with van der Waals surface area (Å²) in [6.07, 6.45) is 0.0780. The van der Waals surface area contributed by atoms with Gasteiger partial charge in [0.1, 0.15) is 5.75 Å². The fourth-order valence-corrected chi connectivity index (χ4v) is 1.73. The van der Waals surface area contributed by atoms with Crippen LogP contribution in [-0.4, -0.2) is 25.1 Å². The second kappa shape index (κ2) is 5.09. The van der Waals surface area contributed by atoms with Crippen molar-refractivity contribution in [3.05, 3.63) is 18.2 Å². The molecule has 1 heterocycles. The van der Waals surface area contributed by atoms with E-state index in [1.54, 1.807) is 0 Å². The first kappa shape index (κ1) is 13.1. The third kappa shape index (κ3) is 2.90. The zero-order valence-corrected chi connectivity index (χ0v) is 9.73. The van der Waals surface area contributed by atoms with Crippen LogP contribution in [0.1, 0.15) is 6.42 Å². The second-order valence-corrected chi connectivity index (χ2v) is 3.86. The van der Waals surface area contributed by atoms with E-state index in [9.17, 15) is 18.4 Å². The number of benzene rings is 1. The molecule has 0 spiro atoms. The van der Waals surface area contributed by atoms with Crippen molar-refractivity contribution in [2.75, 3.05) is 17.2 Å². The number of alkyl halides is 2. The highest BCUT2D eigenvalue weighted by Crippen LogP contribution is 2.32. The van der Waals surface area contributed by atoms with Crippen LogP contribution in [0.2, 0.25) is 0 Å². The lowest BCUT2D eigenvalue weighted by molar-refractivity contribution is -0.120. The fraction of sp³-hybridized carbons (Fsp3) is 0.273. The van der Waals surface area contributed by atoms with Crippen molar-refractivity contribution in [3.8, 4) is 5.75 Å². The molecule has 0 unspecified atom stereocenters. The topological polar surface area (TPSA) is 84.7 Å². The highest BCUT2D eigenvalue weighted by Gasteiger charge is 2.27. The summed E-state index contributed by atoms with van der Waals surface area (Å²) < 4.78 is 28.9. The number of amides is 3. The molecule has 0 saturated carbocycles. The number of nitrogens with zero attached hydrogens (tertiary/aromatic N) is 1. The molecule has 1 saturated heterocycles. The average Bonchev–Trinajstić information content (AvgIpc) is 2.31. The Hall–Kier alpha value is -2.38. The number of halogens is 2. The molecule has 1 aliphatic heterocycles. The standard InChI is InChI=1S/C11H11F2N3O3/c12-10(13)19-8-2-1-6(14)5-7(8)16-4-3-9(17)15-11(16)18/h1-2,5,10H,3-4,14H2,(H,15,17,18). The monoisotopic (exact) mass is 271 g/mol. The van der Waals surface area contributed by atoms with Crippen LogP contribution in [0.5, 0.6) is 5.75 Å². The van der Waals surface area contributed by atoms with E-state index in [1.807, 2.05) is 0 Å². The Balaban J connectivity index is 2.34. The summed E-state index contributed by atoms with van der Waals surface area (Å²) in [6.45, 7) is -2.94. The van der Waals surface area contributed by atoms with Crippen LogP contribution in [0.25, 0.3) is 0 Å². The van der Waals surface area contributed by atoms with Crippen molar-refractivity contribution in [1.29, 1.82) is 0 Å². The van der Waals surface area contributed by atoms with Gasteiger partial charge < -0.3 is 10.5 Å². The molecule has 1 aromatic rings. The van der Waals surface area contributed by atoms with E-state index in [0.29, 0.717) is 5.69 Å². The van der Waals surface area contributed by atoms with E-state index in [1.165, 1.54) is 18.2 Å². The van der Waals surface area contributed by atoms with Crippen molar-refractivity contribution < 1.29 is 23.1 Å². The predicted molar refractivity (Wildman–Crippen MR) is 63.0 cm³/mol. The predicted octanol–water partition coefficient (Wildman–Crippen LogP) is 1.32. The molecule has 6 nitrogen and oxygen atoms in total. The molecule has 3 N–H and O–H groups in total. The Kier molecular flexibility index (Phi) is 3.50. The molecule has 0 aromatic heterocycles. The molecule has 102 valence electrons. The first-order chi connectivity index (χ1) is 8.97. The van der Waals surface area contributed by atoms with E-state index in [-0.39, 0.29) is 24.4 Å². The van der Waals surface area contributed by atoms with Gasteiger partial charge >= 0.3 is 12.6 Å². The van der Waals surface area contributed by atoms with Crippen molar-refractivity contribution in [2.24, 2.45) is 0 Å². The van der Waals surface area contributed by atoms with Crippen LogP contribution < -0.4 is 20.7 Å². The van der Waals surface area contributed by atoms with Gasteiger partial charge in [0.25, 0.3) is 0 Å². The lowest BCUT2D eigenvalue weighted by Gasteiger charge is -2.28. The molecule has 2 rings (SSSR count). The van der Waals surface area contributed by atoms with Crippen LogP contribution in [0.4, 0.5) is 25.0 Å². The third-order valence-electron chi connectivity index (χ3n) is 2.54. The van der Waals surface area contributed by atoms with Gasteiger partial charge in [0, 0.05) is 18.7 Å². The summed E-state index contributed by atoms with van der Waals surface area (Å²) in [7, 11) is 0. The van der Waals surface area contributed by atoms with Gasteiger partial charge in [-0.3, -0.25) is 15.0 Å². The summed E-state index contributed by atoms with van der Waals surface area (Å²) in [5.74, 6) is -0.588. The zero-order chi connectivity index (χ0) is 14.0. The Morgan fingerprint density at radius 3 is 2.74 bits per heavy atom. The molecule has 0 bridgehead atoms. The lowest BCUT2D eigenvalue weighted by Crippen LogP contribution is -2.49. The second-order valence-electron chi connectivity index (χ2n) is 3.86. The summed E-state index contributed by atoms with van der Waals surface area (Å²) >= 11 is 0. The number of anilines is 2. The summed E-state index contributed by atoms with van der Waals surface area (Å²) in [4.78, 5) is 23.8. The minimum Gasteiger partial charge on any atom is -0.433 e. The van der Waals surface area contributed by atoms with Crippen LogP contribution in [0.3, 0.4) is 0 Å². The number of carbonyl (C=O) groups is 2. The normalized spacial score (nSPS) is 15.6. The molecule has 0 radical (unpaired) electrons. The van der Waals surface area contributed by atoms with E-state index in [4.69, 9.17) is 5.73 Å². The van der Waals surface area contributed by atoms with Crippen molar-refractivity contribution in [1.82, 2.24) is 5.32 Å². The molecule has 1 aliphatic rings. The quantitative estimate of drug-likeness (QED) is 0.812. The Labute approximate surface area is 107 Å². The average molecular weight is 271 g/mol. The summed E-state index contributed by atoms with van der Waals surface area (Å²) in [5, 5.41) is 2.09. The minimum atomic E-state index is -3.02. The number of nitrogens with one attached hydrogen (secondary N) is 1. The van der Waals surface area contributed by atoms with Gasteiger partial charge in [0.05, 0.1) is 5.69 Å². The van der Waals surface area contributed by atoms with Gasteiger partial charge in [-0.05, 0) is 18.2 Å². The number of imide groups is 1. The fourth-order valence-electron chi connectivity index (χ4n) is 1.73. The highest BCUT2D eigenvalue weighted by molar-refractivity contribution is 6.06. The lowest BCUT2D eigenvalue weighted by atomic mass is 10.2. The van der Waals surface area contributed by atoms with E-state index < -0.39 is 18.5 Å². The van der Waals surface area contributed by atoms with Crippen LogP contribution in [0, 0.1) is 0 Å².